The Morgan fingerprint density at radius 2 is 1.87 bits per heavy atom. The summed E-state index contributed by atoms with van der Waals surface area (Å²) in [7, 11) is 0. The maximum atomic E-state index is 12.7. The topological polar surface area (TPSA) is 96.6 Å². The van der Waals surface area contributed by atoms with E-state index in [1.165, 1.54) is 0 Å². The van der Waals surface area contributed by atoms with Crippen molar-refractivity contribution in [2.24, 2.45) is 5.92 Å². The van der Waals surface area contributed by atoms with Gasteiger partial charge in [0.25, 0.3) is 0 Å². The molecule has 9 nitrogen and oxygen atoms in total. The number of nitrogens with zero attached hydrogens (tertiary/aromatic N) is 5. The van der Waals surface area contributed by atoms with Crippen molar-refractivity contribution >= 4 is 17.5 Å². The van der Waals surface area contributed by atoms with Crippen LogP contribution in [0.4, 0.5) is 11.6 Å². The standard InChI is InChI=1S/C21H30N6O3/c1-15-18(16(2)30-25-15)7-8-22-21(28)17-4-3-9-27(14-17)20-6-5-19(23-24-20)26-10-12-29-13-11-26/h5-6,17H,3-4,7-14H2,1-2H3,(H,22,28). The Balaban J connectivity index is 1.29. The molecule has 1 unspecified atom stereocenters. The fourth-order valence-corrected chi connectivity index (χ4v) is 4.16. The number of hydrogen-bond donors (Lipinski definition) is 1. The van der Waals surface area contributed by atoms with Crippen molar-refractivity contribution in [1.82, 2.24) is 20.7 Å². The van der Waals surface area contributed by atoms with Crippen molar-refractivity contribution in [3.8, 4) is 0 Å². The van der Waals surface area contributed by atoms with Gasteiger partial charge in [0.2, 0.25) is 5.91 Å². The molecule has 0 aromatic carbocycles. The number of morpholine rings is 1. The number of piperidine rings is 1. The van der Waals surface area contributed by atoms with Crippen LogP contribution in [0, 0.1) is 19.8 Å². The lowest BCUT2D eigenvalue weighted by Crippen LogP contribution is -2.44. The average Bonchev–Trinajstić information content (AvgIpc) is 3.12. The maximum Gasteiger partial charge on any atom is 0.224 e. The van der Waals surface area contributed by atoms with E-state index in [4.69, 9.17) is 9.26 Å². The number of amides is 1. The molecule has 2 fully saturated rings. The van der Waals surface area contributed by atoms with Crippen LogP contribution in [0.15, 0.2) is 16.7 Å². The minimum absolute atomic E-state index is 0.0378. The number of anilines is 2. The normalized spacial score (nSPS) is 19.7. The molecule has 1 atom stereocenters. The van der Waals surface area contributed by atoms with Crippen LogP contribution >= 0.6 is 0 Å². The van der Waals surface area contributed by atoms with Crippen molar-refractivity contribution in [3.63, 3.8) is 0 Å². The minimum Gasteiger partial charge on any atom is -0.378 e. The Morgan fingerprint density at radius 3 is 2.53 bits per heavy atom. The van der Waals surface area contributed by atoms with E-state index in [1.807, 2.05) is 26.0 Å². The van der Waals surface area contributed by atoms with Gasteiger partial charge in [-0.05, 0) is 45.2 Å². The van der Waals surface area contributed by atoms with E-state index in [1.54, 1.807) is 0 Å². The van der Waals surface area contributed by atoms with E-state index in [9.17, 15) is 4.79 Å². The lowest BCUT2D eigenvalue weighted by molar-refractivity contribution is -0.125. The number of rotatable bonds is 6. The van der Waals surface area contributed by atoms with Gasteiger partial charge in [-0.15, -0.1) is 10.2 Å². The predicted molar refractivity (Wildman–Crippen MR) is 113 cm³/mol. The summed E-state index contributed by atoms with van der Waals surface area (Å²) in [5, 5.41) is 15.9. The molecule has 162 valence electrons. The second kappa shape index (κ2) is 9.42. The fourth-order valence-electron chi connectivity index (χ4n) is 4.16. The van der Waals surface area contributed by atoms with Gasteiger partial charge in [0, 0.05) is 38.3 Å². The molecule has 0 bridgehead atoms. The third kappa shape index (κ3) is 4.72. The number of aryl methyl sites for hydroxylation is 2. The molecule has 1 amide bonds. The number of carbonyl (C=O) groups is 1. The summed E-state index contributed by atoms with van der Waals surface area (Å²) in [6.07, 6.45) is 2.60. The summed E-state index contributed by atoms with van der Waals surface area (Å²) >= 11 is 0. The summed E-state index contributed by atoms with van der Waals surface area (Å²) < 4.78 is 10.6. The Hall–Kier alpha value is -2.68. The Labute approximate surface area is 176 Å². The minimum atomic E-state index is -0.0378. The number of carbonyl (C=O) groups excluding carboxylic acids is 1. The molecule has 2 aromatic rings. The first-order valence-corrected chi connectivity index (χ1v) is 10.7. The van der Waals surface area contributed by atoms with Crippen LogP contribution in [0.3, 0.4) is 0 Å². The zero-order valence-electron chi connectivity index (χ0n) is 17.8. The first kappa shape index (κ1) is 20.6. The zero-order chi connectivity index (χ0) is 20.9. The fraction of sp³-hybridized carbons (Fsp3) is 0.619. The molecule has 4 heterocycles. The van der Waals surface area contributed by atoms with E-state index >= 15 is 0 Å². The molecule has 2 aromatic heterocycles. The first-order chi connectivity index (χ1) is 14.6. The molecule has 0 aliphatic carbocycles. The molecule has 0 radical (unpaired) electrons. The molecular weight excluding hydrogens is 384 g/mol. The van der Waals surface area contributed by atoms with E-state index < -0.39 is 0 Å². The van der Waals surface area contributed by atoms with Crippen molar-refractivity contribution in [2.75, 3.05) is 55.7 Å². The van der Waals surface area contributed by atoms with Gasteiger partial charge < -0.3 is 24.4 Å². The Bertz CT molecular complexity index is 827. The Kier molecular flexibility index (Phi) is 6.47. The van der Waals surface area contributed by atoms with Crippen LogP contribution in [0.2, 0.25) is 0 Å². The summed E-state index contributed by atoms with van der Waals surface area (Å²) in [6, 6.07) is 4.02. The first-order valence-electron chi connectivity index (χ1n) is 10.7. The van der Waals surface area contributed by atoms with Gasteiger partial charge in [-0.2, -0.15) is 0 Å². The smallest absolute Gasteiger partial charge is 0.224 e. The zero-order valence-corrected chi connectivity index (χ0v) is 17.8. The molecule has 0 spiro atoms. The van der Waals surface area contributed by atoms with Crippen molar-refractivity contribution in [3.05, 3.63) is 29.2 Å². The van der Waals surface area contributed by atoms with Crippen LogP contribution in [-0.2, 0) is 16.0 Å². The number of nitrogens with one attached hydrogen (secondary N) is 1. The molecule has 1 N–H and O–H groups in total. The number of hydrogen-bond acceptors (Lipinski definition) is 8. The summed E-state index contributed by atoms with van der Waals surface area (Å²) in [4.78, 5) is 17.1. The lowest BCUT2D eigenvalue weighted by Gasteiger charge is -2.33. The quantitative estimate of drug-likeness (QED) is 0.760. The Morgan fingerprint density at radius 1 is 1.13 bits per heavy atom. The van der Waals surface area contributed by atoms with Crippen LogP contribution < -0.4 is 15.1 Å². The third-order valence-electron chi connectivity index (χ3n) is 5.94. The molecule has 2 saturated heterocycles. The summed E-state index contributed by atoms with van der Waals surface area (Å²) in [5.74, 6) is 2.60. The molecule has 0 saturated carbocycles. The van der Waals surface area contributed by atoms with Gasteiger partial charge in [-0.25, -0.2) is 0 Å². The van der Waals surface area contributed by atoms with Gasteiger partial charge in [0.1, 0.15) is 5.76 Å². The van der Waals surface area contributed by atoms with Crippen molar-refractivity contribution in [2.45, 2.75) is 33.1 Å². The largest absolute Gasteiger partial charge is 0.378 e. The van der Waals surface area contributed by atoms with E-state index in [0.717, 1.165) is 80.8 Å². The van der Waals surface area contributed by atoms with E-state index in [2.05, 4.69) is 30.5 Å². The van der Waals surface area contributed by atoms with Gasteiger partial charge in [-0.1, -0.05) is 5.16 Å². The molecule has 9 heteroatoms. The highest BCUT2D eigenvalue weighted by atomic mass is 16.5. The number of aromatic nitrogens is 3. The molecule has 2 aliphatic rings. The monoisotopic (exact) mass is 414 g/mol. The van der Waals surface area contributed by atoms with Gasteiger partial charge in [0.15, 0.2) is 11.6 Å². The molecule has 4 rings (SSSR count). The predicted octanol–water partition coefficient (Wildman–Crippen LogP) is 1.49. The average molecular weight is 415 g/mol. The molecule has 2 aliphatic heterocycles. The van der Waals surface area contributed by atoms with Crippen molar-refractivity contribution < 1.29 is 14.1 Å². The van der Waals surface area contributed by atoms with Gasteiger partial charge in [-0.3, -0.25) is 4.79 Å². The summed E-state index contributed by atoms with van der Waals surface area (Å²) in [6.45, 7) is 9.12. The molecular formula is C21H30N6O3. The van der Waals surface area contributed by atoms with Crippen molar-refractivity contribution in [1.29, 1.82) is 0 Å². The highest BCUT2D eigenvalue weighted by molar-refractivity contribution is 5.79. The van der Waals surface area contributed by atoms with Gasteiger partial charge >= 0.3 is 0 Å². The second-order valence-electron chi connectivity index (χ2n) is 7.98. The molecule has 30 heavy (non-hydrogen) atoms. The lowest BCUT2D eigenvalue weighted by atomic mass is 9.97. The van der Waals surface area contributed by atoms with E-state index in [-0.39, 0.29) is 11.8 Å². The van der Waals surface area contributed by atoms with Crippen LogP contribution in [-0.4, -0.2) is 67.2 Å². The maximum absolute atomic E-state index is 12.7. The highest BCUT2D eigenvalue weighted by Crippen LogP contribution is 2.23. The van der Waals surface area contributed by atoms with Crippen LogP contribution in [0.1, 0.15) is 29.9 Å². The van der Waals surface area contributed by atoms with Crippen LogP contribution in [0.25, 0.3) is 0 Å². The SMILES string of the molecule is Cc1noc(C)c1CCNC(=O)C1CCCN(c2ccc(N3CCOCC3)nn2)C1. The number of ether oxygens (including phenoxy) is 1. The van der Waals surface area contributed by atoms with E-state index in [0.29, 0.717) is 13.1 Å². The van der Waals surface area contributed by atoms with Gasteiger partial charge in [0.05, 0.1) is 24.8 Å². The highest BCUT2D eigenvalue weighted by Gasteiger charge is 2.27. The van der Waals surface area contributed by atoms with Crippen LogP contribution in [0.5, 0.6) is 0 Å². The third-order valence-corrected chi connectivity index (χ3v) is 5.94. The second-order valence-corrected chi connectivity index (χ2v) is 7.98. The summed E-state index contributed by atoms with van der Waals surface area (Å²) in [5.41, 5.74) is 1.97.